The second-order valence-electron chi connectivity index (χ2n) is 11.0. The molecule has 1 fully saturated rings. The molecular formula is C32H34N6O4. The average molecular weight is 567 g/mol. The fourth-order valence-electron chi connectivity index (χ4n) is 6.38. The van der Waals surface area contributed by atoms with Crippen LogP contribution in [0.1, 0.15) is 58.4 Å². The van der Waals surface area contributed by atoms with E-state index in [1.54, 1.807) is 41.7 Å². The van der Waals surface area contributed by atoms with Crippen LogP contribution in [-0.2, 0) is 22.6 Å². The highest BCUT2D eigenvalue weighted by molar-refractivity contribution is 6.22. The molecule has 0 bridgehead atoms. The zero-order valence-electron chi connectivity index (χ0n) is 23.4. The van der Waals surface area contributed by atoms with Gasteiger partial charge >= 0.3 is 0 Å². The number of nitrogens with one attached hydrogen (secondary N) is 2. The quantitative estimate of drug-likeness (QED) is 0.213. The molecule has 2 aliphatic rings. The van der Waals surface area contributed by atoms with Crippen molar-refractivity contribution >= 4 is 34.5 Å². The average Bonchev–Trinajstić information content (AvgIpc) is 3.82. The maximum Gasteiger partial charge on any atom is 0.262 e. The third-order valence-corrected chi connectivity index (χ3v) is 8.56. The monoisotopic (exact) mass is 566 g/mol. The number of carbonyl (C=O) groups excluding carboxylic acids is 4. The normalized spacial score (nSPS) is 15.8. The zero-order valence-corrected chi connectivity index (χ0v) is 23.4. The molecule has 6 rings (SSSR count). The van der Waals surface area contributed by atoms with Crippen LogP contribution in [-0.4, -0.2) is 73.1 Å². The molecule has 10 nitrogen and oxygen atoms in total. The van der Waals surface area contributed by atoms with E-state index in [1.165, 1.54) is 0 Å². The fraction of sp³-hybridized carbons (Fsp3) is 0.344. The Labute approximate surface area is 243 Å². The van der Waals surface area contributed by atoms with Gasteiger partial charge in [-0.3, -0.25) is 24.1 Å². The van der Waals surface area contributed by atoms with Gasteiger partial charge in [0.1, 0.15) is 12.1 Å². The minimum Gasteiger partial charge on any atom is -0.361 e. The van der Waals surface area contributed by atoms with Crippen molar-refractivity contribution in [3.8, 4) is 0 Å². The van der Waals surface area contributed by atoms with Crippen molar-refractivity contribution in [1.82, 2.24) is 29.7 Å². The lowest BCUT2D eigenvalue weighted by Crippen LogP contribution is -2.61. The summed E-state index contributed by atoms with van der Waals surface area (Å²) in [5.74, 6) is -1.55. The predicted molar refractivity (Wildman–Crippen MR) is 157 cm³/mol. The van der Waals surface area contributed by atoms with Crippen molar-refractivity contribution in [1.29, 1.82) is 0 Å². The number of fused-ring (bicyclic) bond motifs is 2. The first kappa shape index (κ1) is 27.4. The summed E-state index contributed by atoms with van der Waals surface area (Å²) in [6.07, 6.45) is 11.2. The van der Waals surface area contributed by atoms with E-state index in [0.29, 0.717) is 36.9 Å². The number of amides is 4. The number of imidazole rings is 1. The van der Waals surface area contributed by atoms with Gasteiger partial charge in [-0.05, 0) is 49.4 Å². The highest BCUT2D eigenvalue weighted by Gasteiger charge is 2.49. The molecule has 2 aromatic heterocycles. The molecule has 4 aromatic rings. The van der Waals surface area contributed by atoms with Gasteiger partial charge in [-0.25, -0.2) is 4.98 Å². The maximum atomic E-state index is 14.1. The van der Waals surface area contributed by atoms with E-state index in [2.05, 4.69) is 15.3 Å². The number of aromatic nitrogens is 3. The Bertz CT molecular complexity index is 1580. The molecule has 0 spiro atoms. The van der Waals surface area contributed by atoms with Gasteiger partial charge < -0.3 is 19.8 Å². The van der Waals surface area contributed by atoms with Crippen LogP contribution in [0.2, 0.25) is 0 Å². The molecule has 0 saturated heterocycles. The largest absolute Gasteiger partial charge is 0.361 e. The SMILES string of the molecule is O=C1c2ccccc2C(=O)N1CC(=O)N(CCc1c[nH]c2ccccc12)C1(C(=O)NCCCn2ccnc2)CCCC1. The maximum absolute atomic E-state index is 14.1. The number of aryl methyl sites for hydroxylation is 1. The van der Waals surface area contributed by atoms with Gasteiger partial charge in [-0.15, -0.1) is 0 Å². The highest BCUT2D eigenvalue weighted by Crippen LogP contribution is 2.37. The minimum absolute atomic E-state index is 0.180. The first-order valence-electron chi connectivity index (χ1n) is 14.5. The van der Waals surface area contributed by atoms with Crippen molar-refractivity contribution in [3.63, 3.8) is 0 Å². The number of para-hydroxylation sites is 1. The van der Waals surface area contributed by atoms with E-state index in [-0.39, 0.29) is 12.5 Å². The molecule has 42 heavy (non-hydrogen) atoms. The smallest absolute Gasteiger partial charge is 0.262 e. The van der Waals surface area contributed by atoms with Crippen molar-refractivity contribution in [2.24, 2.45) is 0 Å². The van der Waals surface area contributed by atoms with E-state index in [1.807, 2.05) is 41.2 Å². The summed E-state index contributed by atoms with van der Waals surface area (Å²) in [6, 6.07) is 14.6. The van der Waals surface area contributed by atoms with Gasteiger partial charge in [-0.1, -0.05) is 43.2 Å². The van der Waals surface area contributed by atoms with Crippen molar-refractivity contribution in [2.45, 2.75) is 50.6 Å². The first-order chi connectivity index (χ1) is 20.5. The topological polar surface area (TPSA) is 120 Å². The van der Waals surface area contributed by atoms with E-state index >= 15 is 0 Å². The lowest BCUT2D eigenvalue weighted by molar-refractivity contribution is -0.148. The van der Waals surface area contributed by atoms with E-state index < -0.39 is 29.8 Å². The van der Waals surface area contributed by atoms with Crippen LogP contribution in [0.15, 0.2) is 73.4 Å². The lowest BCUT2D eigenvalue weighted by atomic mass is 9.92. The summed E-state index contributed by atoms with van der Waals surface area (Å²) in [7, 11) is 0. The van der Waals surface area contributed by atoms with Crippen LogP contribution in [0.5, 0.6) is 0 Å². The second-order valence-corrected chi connectivity index (χ2v) is 11.0. The minimum atomic E-state index is -1.04. The molecule has 1 saturated carbocycles. The summed E-state index contributed by atoms with van der Waals surface area (Å²) in [6.45, 7) is 1.06. The summed E-state index contributed by atoms with van der Waals surface area (Å²) in [5.41, 5.74) is 1.59. The number of H-pyrrole nitrogens is 1. The van der Waals surface area contributed by atoms with E-state index in [4.69, 9.17) is 0 Å². The van der Waals surface area contributed by atoms with Crippen LogP contribution in [0.3, 0.4) is 0 Å². The van der Waals surface area contributed by atoms with Crippen LogP contribution < -0.4 is 5.32 Å². The molecule has 0 radical (unpaired) electrons. The Morgan fingerprint density at radius 1 is 1.00 bits per heavy atom. The number of nitrogens with zero attached hydrogens (tertiary/aromatic N) is 4. The van der Waals surface area contributed by atoms with Crippen LogP contribution in [0.4, 0.5) is 0 Å². The third-order valence-electron chi connectivity index (χ3n) is 8.56. The Morgan fingerprint density at radius 2 is 1.71 bits per heavy atom. The number of carbonyl (C=O) groups is 4. The third kappa shape index (κ3) is 5.08. The molecule has 2 aromatic carbocycles. The van der Waals surface area contributed by atoms with E-state index in [0.717, 1.165) is 47.2 Å². The molecule has 10 heteroatoms. The van der Waals surface area contributed by atoms with Gasteiger partial charge in [0, 0.05) is 49.1 Å². The molecule has 2 N–H and O–H groups in total. The van der Waals surface area contributed by atoms with E-state index in [9.17, 15) is 19.2 Å². The summed E-state index contributed by atoms with van der Waals surface area (Å²) < 4.78 is 1.95. The van der Waals surface area contributed by atoms with Crippen molar-refractivity contribution < 1.29 is 19.2 Å². The predicted octanol–water partition coefficient (Wildman–Crippen LogP) is 3.55. The van der Waals surface area contributed by atoms with Gasteiger partial charge in [0.15, 0.2) is 0 Å². The Hall–Kier alpha value is -4.73. The first-order valence-corrected chi connectivity index (χ1v) is 14.5. The number of rotatable bonds is 11. The van der Waals surface area contributed by atoms with Crippen LogP contribution >= 0.6 is 0 Å². The van der Waals surface area contributed by atoms with Crippen molar-refractivity contribution in [2.75, 3.05) is 19.6 Å². The number of aromatic amines is 1. The second kappa shape index (κ2) is 11.6. The van der Waals surface area contributed by atoms with Crippen molar-refractivity contribution in [3.05, 3.63) is 90.1 Å². The molecule has 216 valence electrons. The molecule has 1 aliphatic carbocycles. The molecule has 1 aliphatic heterocycles. The van der Waals surface area contributed by atoms with Gasteiger partial charge in [-0.2, -0.15) is 0 Å². The standard InChI is InChI=1S/C32H34N6O4/c39-28(21-37-29(40)25-9-1-2-10-26(25)30(37)41)38(18-12-23-20-35-27-11-4-3-8-24(23)27)32(13-5-6-14-32)31(42)34-15-7-17-36-19-16-33-22-36/h1-4,8-11,16,19-20,22,35H,5-7,12-15,17-18,21H2,(H,34,42). The molecule has 3 heterocycles. The Kier molecular flexibility index (Phi) is 7.60. The molecule has 4 amide bonds. The zero-order chi connectivity index (χ0) is 29.1. The summed E-state index contributed by atoms with van der Waals surface area (Å²) >= 11 is 0. The number of hydrogen-bond donors (Lipinski definition) is 2. The number of hydrogen-bond acceptors (Lipinski definition) is 5. The van der Waals surface area contributed by atoms with Crippen LogP contribution in [0.25, 0.3) is 10.9 Å². The molecule has 0 atom stereocenters. The summed E-state index contributed by atoms with van der Waals surface area (Å²) in [4.78, 5) is 64.3. The molecule has 0 unspecified atom stereocenters. The number of imide groups is 1. The fourth-order valence-corrected chi connectivity index (χ4v) is 6.38. The van der Waals surface area contributed by atoms with Crippen LogP contribution in [0, 0.1) is 0 Å². The number of benzene rings is 2. The molecular weight excluding hydrogens is 532 g/mol. The Morgan fingerprint density at radius 3 is 2.43 bits per heavy atom. The van der Waals surface area contributed by atoms with Gasteiger partial charge in [0.05, 0.1) is 17.5 Å². The van der Waals surface area contributed by atoms with Gasteiger partial charge in [0.2, 0.25) is 11.8 Å². The highest BCUT2D eigenvalue weighted by atomic mass is 16.2. The summed E-state index contributed by atoms with van der Waals surface area (Å²) in [5, 5.41) is 4.16. The Balaban J connectivity index is 1.24. The lowest BCUT2D eigenvalue weighted by Gasteiger charge is -2.40. The van der Waals surface area contributed by atoms with Gasteiger partial charge in [0.25, 0.3) is 11.8 Å².